The Kier molecular flexibility index (Phi) is 6.92. The minimum absolute atomic E-state index is 0.165. The maximum Gasteiger partial charge on any atom is 0.167 e. The minimum Gasteiger partial charge on any atom is -0.455 e. The van der Waals surface area contributed by atoms with Gasteiger partial charge in [-0.1, -0.05) is 152 Å². The predicted octanol–water partition coefficient (Wildman–Crippen LogP) is 13.0. The Morgan fingerprint density at radius 3 is 1.67 bits per heavy atom. The van der Waals surface area contributed by atoms with Gasteiger partial charge in [-0.15, -0.1) is 0 Å². The molecule has 0 saturated carbocycles. The summed E-state index contributed by atoms with van der Waals surface area (Å²) in [5, 5.41) is 4.43. The van der Waals surface area contributed by atoms with Gasteiger partial charge in [-0.25, -0.2) is 15.0 Å². The van der Waals surface area contributed by atoms with Gasteiger partial charge in [0.2, 0.25) is 0 Å². The van der Waals surface area contributed by atoms with Gasteiger partial charge in [0.15, 0.2) is 11.6 Å². The standard InChI is InChI=1S/C52H32N4O/c1-3-15-32(16-4-1)34-27-28-47-42(29-34)43-30-35(56-45-25-13-11-21-38(45)39-22-12-14-26-46(39)56)31-44(49(43)57-47)51-53-50(33-17-5-2-6-18-33)54-52(55-51)48-40-23-9-7-19-36(40)37-20-8-10-24-41(37)48/h1-31,48H. The van der Waals surface area contributed by atoms with E-state index in [1.807, 2.05) is 18.2 Å². The smallest absolute Gasteiger partial charge is 0.167 e. The van der Waals surface area contributed by atoms with Gasteiger partial charge < -0.3 is 8.98 Å². The Hall–Kier alpha value is -7.63. The maximum absolute atomic E-state index is 6.89. The van der Waals surface area contributed by atoms with Gasteiger partial charge in [-0.05, 0) is 69.8 Å². The molecule has 0 atom stereocenters. The fourth-order valence-electron chi connectivity index (χ4n) is 8.96. The van der Waals surface area contributed by atoms with E-state index >= 15 is 0 Å². The molecule has 0 unspecified atom stereocenters. The monoisotopic (exact) mass is 728 g/mol. The summed E-state index contributed by atoms with van der Waals surface area (Å²) in [6, 6.07) is 66.1. The van der Waals surface area contributed by atoms with Crippen LogP contribution in [0.1, 0.15) is 22.9 Å². The predicted molar refractivity (Wildman–Crippen MR) is 231 cm³/mol. The number of nitrogens with zero attached hydrogens (tertiary/aromatic N) is 4. The maximum atomic E-state index is 6.89. The van der Waals surface area contributed by atoms with Gasteiger partial charge in [-0.2, -0.15) is 0 Å². The fourth-order valence-corrected chi connectivity index (χ4v) is 8.96. The van der Waals surface area contributed by atoms with Crippen LogP contribution in [0.5, 0.6) is 0 Å². The lowest BCUT2D eigenvalue weighted by Crippen LogP contribution is -2.09. The van der Waals surface area contributed by atoms with Crippen molar-refractivity contribution in [2.24, 2.45) is 0 Å². The third kappa shape index (κ3) is 4.92. The second-order valence-corrected chi connectivity index (χ2v) is 14.7. The van der Waals surface area contributed by atoms with Gasteiger partial charge in [0.1, 0.15) is 17.0 Å². The molecule has 11 aromatic rings. The van der Waals surface area contributed by atoms with Crippen LogP contribution in [0, 0.1) is 0 Å². The van der Waals surface area contributed by atoms with Crippen molar-refractivity contribution in [2.75, 3.05) is 0 Å². The molecule has 3 heterocycles. The van der Waals surface area contributed by atoms with Gasteiger partial charge in [0.05, 0.1) is 22.5 Å². The number of hydrogen-bond acceptors (Lipinski definition) is 4. The van der Waals surface area contributed by atoms with Crippen molar-refractivity contribution in [3.63, 3.8) is 0 Å². The van der Waals surface area contributed by atoms with Crippen molar-refractivity contribution in [1.29, 1.82) is 0 Å². The highest BCUT2D eigenvalue weighted by Crippen LogP contribution is 2.48. The van der Waals surface area contributed by atoms with Crippen LogP contribution in [0.3, 0.4) is 0 Å². The molecule has 0 radical (unpaired) electrons. The summed E-state index contributed by atoms with van der Waals surface area (Å²) in [6.07, 6.45) is 0. The highest BCUT2D eigenvalue weighted by Gasteiger charge is 2.33. The summed E-state index contributed by atoms with van der Waals surface area (Å²) in [4.78, 5) is 16.0. The van der Waals surface area contributed by atoms with Crippen molar-refractivity contribution >= 4 is 43.7 Å². The first-order valence-corrected chi connectivity index (χ1v) is 19.3. The summed E-state index contributed by atoms with van der Waals surface area (Å²) in [6.45, 7) is 0. The first-order chi connectivity index (χ1) is 28.3. The number of furan rings is 1. The van der Waals surface area contributed by atoms with E-state index in [1.165, 1.54) is 33.0 Å². The van der Waals surface area contributed by atoms with Crippen molar-refractivity contribution in [3.8, 4) is 50.7 Å². The zero-order valence-corrected chi connectivity index (χ0v) is 30.7. The minimum atomic E-state index is -0.165. The van der Waals surface area contributed by atoms with Crippen LogP contribution in [0.25, 0.3) is 94.5 Å². The van der Waals surface area contributed by atoms with Crippen molar-refractivity contribution in [2.45, 2.75) is 5.92 Å². The fraction of sp³-hybridized carbons (Fsp3) is 0.0192. The SMILES string of the molecule is c1ccc(-c2ccc3oc4c(-c5nc(-c6ccccc6)nc(C6c7ccccc7-c7ccccc76)n5)cc(-n5c6ccccc6c6ccccc65)cc4c3c2)cc1. The molecule has 0 bridgehead atoms. The second-order valence-electron chi connectivity index (χ2n) is 14.7. The van der Waals surface area contributed by atoms with Gasteiger partial charge in [0.25, 0.3) is 0 Å². The van der Waals surface area contributed by atoms with E-state index in [9.17, 15) is 0 Å². The van der Waals surface area contributed by atoms with Crippen LogP contribution in [0.15, 0.2) is 192 Å². The second kappa shape index (κ2) is 12.4. The van der Waals surface area contributed by atoms with E-state index in [0.29, 0.717) is 17.5 Å². The molecule has 0 fully saturated rings. The van der Waals surface area contributed by atoms with Crippen LogP contribution >= 0.6 is 0 Å². The molecule has 8 aromatic carbocycles. The molecular formula is C52H32N4O. The number of rotatable bonds is 5. The lowest BCUT2D eigenvalue weighted by molar-refractivity contribution is 0.669. The molecule has 12 rings (SSSR count). The van der Waals surface area contributed by atoms with E-state index in [0.717, 1.165) is 60.9 Å². The van der Waals surface area contributed by atoms with Crippen LogP contribution < -0.4 is 0 Å². The lowest BCUT2D eigenvalue weighted by atomic mass is 9.96. The average Bonchev–Trinajstić information content (AvgIpc) is 3.94. The molecule has 5 nitrogen and oxygen atoms in total. The Balaban J connectivity index is 1.18. The van der Waals surface area contributed by atoms with Crippen molar-refractivity contribution < 1.29 is 4.42 Å². The number of hydrogen-bond donors (Lipinski definition) is 0. The molecule has 3 aromatic heterocycles. The number of benzene rings is 8. The van der Waals surface area contributed by atoms with Crippen LogP contribution in [-0.2, 0) is 0 Å². The lowest BCUT2D eigenvalue weighted by Gasteiger charge is -2.16. The molecule has 0 saturated heterocycles. The number of aromatic nitrogens is 4. The summed E-state index contributed by atoms with van der Waals surface area (Å²) in [5.41, 5.74) is 13.6. The highest BCUT2D eigenvalue weighted by atomic mass is 16.3. The molecule has 0 amide bonds. The normalized spacial score (nSPS) is 12.5. The molecule has 1 aliphatic carbocycles. The largest absolute Gasteiger partial charge is 0.455 e. The molecule has 57 heavy (non-hydrogen) atoms. The first kappa shape index (κ1) is 31.7. The topological polar surface area (TPSA) is 56.7 Å². The van der Waals surface area contributed by atoms with E-state index < -0.39 is 0 Å². The highest BCUT2D eigenvalue weighted by molar-refractivity contribution is 6.13. The molecule has 1 aliphatic rings. The van der Waals surface area contributed by atoms with E-state index in [2.05, 4.69) is 174 Å². The zero-order valence-electron chi connectivity index (χ0n) is 30.7. The summed E-state index contributed by atoms with van der Waals surface area (Å²) >= 11 is 0. The van der Waals surface area contributed by atoms with Crippen molar-refractivity contribution in [1.82, 2.24) is 19.5 Å². The molecular weight excluding hydrogens is 697 g/mol. The number of para-hydroxylation sites is 2. The molecule has 0 N–H and O–H groups in total. The Bertz CT molecular complexity index is 3260. The van der Waals surface area contributed by atoms with E-state index in [1.54, 1.807) is 0 Å². The molecule has 0 aliphatic heterocycles. The van der Waals surface area contributed by atoms with Crippen LogP contribution in [0.2, 0.25) is 0 Å². The molecule has 5 heteroatoms. The van der Waals surface area contributed by atoms with Crippen LogP contribution in [-0.4, -0.2) is 19.5 Å². The summed E-state index contributed by atoms with van der Waals surface area (Å²) < 4.78 is 9.25. The first-order valence-electron chi connectivity index (χ1n) is 19.3. The Labute approximate surface area is 328 Å². The van der Waals surface area contributed by atoms with E-state index in [4.69, 9.17) is 19.4 Å². The summed E-state index contributed by atoms with van der Waals surface area (Å²) in [7, 11) is 0. The average molecular weight is 729 g/mol. The zero-order chi connectivity index (χ0) is 37.5. The molecule has 0 spiro atoms. The Morgan fingerprint density at radius 2 is 0.982 bits per heavy atom. The number of fused-ring (bicyclic) bond motifs is 9. The van der Waals surface area contributed by atoms with Gasteiger partial charge in [0, 0.05) is 32.8 Å². The van der Waals surface area contributed by atoms with Crippen molar-refractivity contribution in [3.05, 3.63) is 205 Å². The molecule has 266 valence electrons. The summed E-state index contributed by atoms with van der Waals surface area (Å²) in [5.74, 6) is 1.72. The van der Waals surface area contributed by atoms with Gasteiger partial charge >= 0.3 is 0 Å². The van der Waals surface area contributed by atoms with Crippen LogP contribution in [0.4, 0.5) is 0 Å². The third-order valence-electron chi connectivity index (χ3n) is 11.5. The Morgan fingerprint density at radius 1 is 0.404 bits per heavy atom. The van der Waals surface area contributed by atoms with Gasteiger partial charge in [-0.3, -0.25) is 0 Å². The third-order valence-corrected chi connectivity index (χ3v) is 11.5. The quantitative estimate of drug-likeness (QED) is 0.177. The van der Waals surface area contributed by atoms with E-state index in [-0.39, 0.29) is 5.92 Å².